The van der Waals surface area contributed by atoms with Crippen LogP contribution in [0, 0.1) is 0 Å². The third-order valence-electron chi connectivity index (χ3n) is 2.56. The molecule has 0 aromatic carbocycles. The summed E-state index contributed by atoms with van der Waals surface area (Å²) in [5.41, 5.74) is 7.19. The lowest BCUT2D eigenvalue weighted by Gasteiger charge is -2.14. The molecule has 4 nitrogen and oxygen atoms in total. The van der Waals surface area contributed by atoms with Gasteiger partial charge in [-0.15, -0.1) is 11.3 Å². The number of hydrogen-bond donors (Lipinski definition) is 1. The van der Waals surface area contributed by atoms with Crippen LogP contribution < -0.4 is 5.73 Å². The first kappa shape index (κ1) is 14.0. The number of hydrogen-bond acceptors (Lipinski definition) is 4. The van der Waals surface area contributed by atoms with E-state index in [-0.39, 0.29) is 6.04 Å². The normalized spacial score (nSPS) is 12.9. The highest BCUT2D eigenvalue weighted by Gasteiger charge is 2.21. The van der Waals surface area contributed by atoms with Crippen molar-refractivity contribution in [3.63, 3.8) is 0 Å². The van der Waals surface area contributed by atoms with Gasteiger partial charge in [0.1, 0.15) is 0 Å². The van der Waals surface area contributed by atoms with Crippen molar-refractivity contribution in [1.29, 1.82) is 0 Å². The molecule has 0 aliphatic heterocycles. The summed E-state index contributed by atoms with van der Waals surface area (Å²) in [4.78, 5) is 0.941. The van der Waals surface area contributed by atoms with Gasteiger partial charge in [0.2, 0.25) is 0 Å². The molecule has 0 aliphatic rings. The maximum absolute atomic E-state index is 6.27. The van der Waals surface area contributed by atoms with Crippen LogP contribution in [0.4, 0.5) is 0 Å². The number of aromatic nitrogens is 2. The van der Waals surface area contributed by atoms with Crippen LogP contribution in [0.5, 0.6) is 0 Å². The minimum Gasteiger partial charge on any atom is -0.383 e. The van der Waals surface area contributed by atoms with Crippen molar-refractivity contribution in [2.24, 2.45) is 5.73 Å². The van der Waals surface area contributed by atoms with Crippen molar-refractivity contribution in [3.8, 4) is 0 Å². The summed E-state index contributed by atoms with van der Waals surface area (Å²) in [6.07, 6.45) is 1.74. The van der Waals surface area contributed by atoms with E-state index in [4.69, 9.17) is 22.1 Å². The van der Waals surface area contributed by atoms with Gasteiger partial charge in [0, 0.05) is 12.0 Å². The Bertz CT molecular complexity index is 528. The van der Waals surface area contributed by atoms with Gasteiger partial charge in [-0.1, -0.05) is 11.6 Å². The first-order valence-corrected chi connectivity index (χ1v) is 7.38. The molecule has 98 valence electrons. The number of methoxy groups -OCH3 is 1. The molecule has 2 heterocycles. The van der Waals surface area contributed by atoms with E-state index in [1.54, 1.807) is 24.6 Å². The Balaban J connectivity index is 2.32. The summed E-state index contributed by atoms with van der Waals surface area (Å²) < 4.78 is 7.79. The summed E-state index contributed by atoms with van der Waals surface area (Å²) in [6, 6.07) is 1.57. The lowest BCUT2D eigenvalue weighted by molar-refractivity contribution is 0.182. The maximum Gasteiger partial charge on any atom is 0.0843 e. The minimum atomic E-state index is -0.286. The average molecular weight is 351 g/mol. The molecule has 0 fully saturated rings. The van der Waals surface area contributed by atoms with Crippen LogP contribution in [-0.2, 0) is 11.3 Å². The Morgan fingerprint density at radius 3 is 3.06 bits per heavy atom. The van der Waals surface area contributed by atoms with Crippen LogP contribution in [0.1, 0.15) is 16.6 Å². The molecule has 2 aromatic rings. The average Bonchev–Trinajstić information content (AvgIpc) is 2.92. The molecule has 2 rings (SSSR count). The van der Waals surface area contributed by atoms with E-state index < -0.39 is 0 Å². The van der Waals surface area contributed by atoms with Crippen LogP contribution in [0.3, 0.4) is 0 Å². The number of nitrogens with two attached hydrogens (primary N) is 1. The largest absolute Gasteiger partial charge is 0.383 e. The van der Waals surface area contributed by atoms with Gasteiger partial charge >= 0.3 is 0 Å². The molecule has 2 aromatic heterocycles. The fourth-order valence-electron chi connectivity index (χ4n) is 1.69. The zero-order valence-electron chi connectivity index (χ0n) is 9.77. The number of ether oxygens (including phenoxy) is 1. The Labute approximate surface area is 123 Å². The molecule has 1 atom stereocenters. The molecule has 0 saturated heterocycles. The fourth-order valence-corrected chi connectivity index (χ4v) is 3.41. The lowest BCUT2D eigenvalue weighted by atomic mass is 10.2. The first-order chi connectivity index (χ1) is 8.65. The second-order valence-electron chi connectivity index (χ2n) is 3.70. The van der Waals surface area contributed by atoms with Crippen molar-refractivity contribution >= 4 is 38.9 Å². The van der Waals surface area contributed by atoms with Crippen LogP contribution >= 0.6 is 38.9 Å². The van der Waals surface area contributed by atoms with E-state index in [1.807, 2.05) is 16.1 Å². The van der Waals surface area contributed by atoms with Crippen molar-refractivity contribution in [2.75, 3.05) is 13.7 Å². The summed E-state index contributed by atoms with van der Waals surface area (Å²) in [7, 11) is 1.66. The number of halogens is 2. The fraction of sp³-hybridized carbons (Fsp3) is 0.364. The smallest absolute Gasteiger partial charge is 0.0843 e. The molecule has 2 N–H and O–H groups in total. The predicted molar refractivity (Wildman–Crippen MR) is 77.2 cm³/mol. The molecule has 0 bridgehead atoms. The SMILES string of the molecule is COCCn1ncc(Br)c1C(N)c1sccc1Cl. The van der Waals surface area contributed by atoms with Gasteiger partial charge in [0.05, 0.1) is 40.6 Å². The molecule has 0 radical (unpaired) electrons. The van der Waals surface area contributed by atoms with E-state index in [0.717, 1.165) is 15.0 Å². The van der Waals surface area contributed by atoms with Crippen LogP contribution in [-0.4, -0.2) is 23.5 Å². The van der Waals surface area contributed by atoms with Gasteiger partial charge in [-0.25, -0.2) is 0 Å². The summed E-state index contributed by atoms with van der Waals surface area (Å²) in [6.45, 7) is 1.25. The zero-order valence-corrected chi connectivity index (χ0v) is 12.9. The monoisotopic (exact) mass is 349 g/mol. The topological polar surface area (TPSA) is 53.1 Å². The van der Waals surface area contributed by atoms with E-state index in [9.17, 15) is 0 Å². The standard InChI is InChI=1S/C11H13BrClN3OS/c1-17-4-3-16-10(7(12)6-15-16)9(14)11-8(13)2-5-18-11/h2,5-6,9H,3-4,14H2,1H3. The second kappa shape index (κ2) is 6.16. The van der Waals surface area contributed by atoms with Crippen LogP contribution in [0.25, 0.3) is 0 Å². The van der Waals surface area contributed by atoms with E-state index >= 15 is 0 Å². The molecule has 0 spiro atoms. The number of rotatable bonds is 5. The quantitative estimate of drug-likeness (QED) is 0.901. The third kappa shape index (κ3) is 2.78. The molecule has 0 aliphatic carbocycles. The predicted octanol–water partition coefficient (Wildman–Crippen LogP) is 3.06. The summed E-state index contributed by atoms with van der Waals surface area (Å²) in [5.74, 6) is 0. The minimum absolute atomic E-state index is 0.286. The Morgan fingerprint density at radius 1 is 1.67 bits per heavy atom. The molecule has 7 heteroatoms. The highest BCUT2D eigenvalue weighted by atomic mass is 79.9. The Morgan fingerprint density at radius 2 is 2.44 bits per heavy atom. The van der Waals surface area contributed by atoms with Gasteiger partial charge < -0.3 is 10.5 Å². The van der Waals surface area contributed by atoms with Gasteiger partial charge in [0.15, 0.2) is 0 Å². The van der Waals surface area contributed by atoms with Gasteiger partial charge in [0.25, 0.3) is 0 Å². The lowest BCUT2D eigenvalue weighted by Crippen LogP contribution is -2.19. The molecule has 0 amide bonds. The molecule has 18 heavy (non-hydrogen) atoms. The van der Waals surface area contributed by atoms with Crippen molar-refractivity contribution < 1.29 is 4.74 Å². The summed E-state index contributed by atoms with van der Waals surface area (Å²) in [5, 5.41) is 6.91. The number of nitrogens with zero attached hydrogens (tertiary/aromatic N) is 2. The maximum atomic E-state index is 6.27. The van der Waals surface area contributed by atoms with Crippen molar-refractivity contribution in [1.82, 2.24) is 9.78 Å². The van der Waals surface area contributed by atoms with E-state index in [0.29, 0.717) is 18.2 Å². The van der Waals surface area contributed by atoms with E-state index in [2.05, 4.69) is 21.0 Å². The van der Waals surface area contributed by atoms with Crippen molar-refractivity contribution in [2.45, 2.75) is 12.6 Å². The Kier molecular flexibility index (Phi) is 4.80. The highest BCUT2D eigenvalue weighted by molar-refractivity contribution is 9.10. The number of thiophene rings is 1. The van der Waals surface area contributed by atoms with E-state index in [1.165, 1.54) is 0 Å². The zero-order chi connectivity index (χ0) is 13.1. The Hall–Kier alpha value is -0.400. The van der Waals surface area contributed by atoms with Crippen LogP contribution in [0.2, 0.25) is 5.02 Å². The first-order valence-electron chi connectivity index (χ1n) is 5.33. The molecule has 1 unspecified atom stereocenters. The molecular weight excluding hydrogens is 338 g/mol. The molecular formula is C11H13BrClN3OS. The van der Waals surface area contributed by atoms with Gasteiger partial charge in [-0.05, 0) is 27.4 Å². The highest BCUT2D eigenvalue weighted by Crippen LogP contribution is 2.34. The third-order valence-corrected chi connectivity index (χ3v) is 4.61. The van der Waals surface area contributed by atoms with Crippen molar-refractivity contribution in [3.05, 3.63) is 37.7 Å². The molecule has 0 saturated carbocycles. The second-order valence-corrected chi connectivity index (χ2v) is 5.91. The summed E-state index contributed by atoms with van der Waals surface area (Å²) >= 11 is 11.1. The van der Waals surface area contributed by atoms with Gasteiger partial charge in [-0.3, -0.25) is 4.68 Å². The van der Waals surface area contributed by atoms with Gasteiger partial charge in [-0.2, -0.15) is 5.10 Å². The van der Waals surface area contributed by atoms with Crippen LogP contribution in [0.15, 0.2) is 22.1 Å².